The molecule has 0 bridgehead atoms. The number of nitrogens with one attached hydrogen (secondary N) is 3. The molecule has 0 fully saturated rings. The highest BCUT2D eigenvalue weighted by molar-refractivity contribution is 7.88. The molecule has 0 saturated carbocycles. The van der Waals surface area contributed by atoms with Gasteiger partial charge in [-0.15, -0.1) is 0 Å². The number of aromatic amines is 2. The van der Waals surface area contributed by atoms with Gasteiger partial charge >= 0.3 is 0 Å². The number of imidazole rings is 1. The summed E-state index contributed by atoms with van der Waals surface area (Å²) in [5, 5.41) is 8.30. The zero-order chi connectivity index (χ0) is 30.1. The van der Waals surface area contributed by atoms with Gasteiger partial charge in [0.25, 0.3) is 0 Å². The van der Waals surface area contributed by atoms with E-state index in [-0.39, 0.29) is 6.54 Å². The van der Waals surface area contributed by atoms with Crippen molar-refractivity contribution in [2.24, 2.45) is 0 Å². The lowest BCUT2D eigenvalue weighted by Crippen LogP contribution is -2.21. The van der Waals surface area contributed by atoms with E-state index >= 15 is 0 Å². The highest BCUT2D eigenvalue weighted by Crippen LogP contribution is 2.32. The molecule has 5 aromatic heterocycles. The zero-order valence-electron chi connectivity index (χ0n) is 23.6. The largest absolute Gasteiger partial charge is 0.491 e. The minimum atomic E-state index is -3.45. The molecular formula is C29H28FN9O3S. The van der Waals surface area contributed by atoms with E-state index in [9.17, 15) is 12.8 Å². The van der Waals surface area contributed by atoms with Crippen molar-refractivity contribution in [1.82, 2.24) is 44.7 Å². The first-order valence-electron chi connectivity index (χ1n) is 13.3. The molecule has 0 atom stereocenters. The third kappa shape index (κ3) is 6.35. The Kier molecular flexibility index (Phi) is 7.56. The fraction of sp³-hybridized carbons (Fsp3) is 0.207. The average Bonchev–Trinajstić information content (AvgIpc) is 3.59. The molecule has 3 N–H and O–H groups in total. The molecule has 220 valence electrons. The normalized spacial score (nSPS) is 12.0. The molecule has 0 amide bonds. The van der Waals surface area contributed by atoms with E-state index in [1.165, 1.54) is 12.1 Å². The number of pyridine rings is 3. The lowest BCUT2D eigenvalue weighted by atomic mass is 10.1. The van der Waals surface area contributed by atoms with E-state index in [0.29, 0.717) is 57.4 Å². The molecule has 5 heterocycles. The van der Waals surface area contributed by atoms with Crippen LogP contribution in [0.4, 0.5) is 4.39 Å². The minimum absolute atomic E-state index is 0.0539. The molecular weight excluding hydrogens is 573 g/mol. The minimum Gasteiger partial charge on any atom is -0.491 e. The Morgan fingerprint density at radius 2 is 1.86 bits per heavy atom. The summed E-state index contributed by atoms with van der Waals surface area (Å²) in [5.74, 6) is 0.623. The van der Waals surface area contributed by atoms with Crippen molar-refractivity contribution in [2.75, 3.05) is 33.5 Å². The third-order valence-corrected chi connectivity index (χ3v) is 7.33. The standard InChI is InChI=1S/C29H28FN9O3S/c1-39(2)6-7-42-21-11-19(14-31-15-21)24-12-22-25(16-33-24)37-38-27(22)29-35-23-4-5-32-26(28(23)36-29)18-8-17(9-20(30)10-18)13-34-43(3,40)41/h4-5,8-12,14-16,34H,6-7,13H2,1-3H3,(H,35,36)(H,37,38). The van der Waals surface area contributed by atoms with Crippen LogP contribution in [0.25, 0.3) is 56.0 Å². The Balaban J connectivity index is 1.35. The van der Waals surface area contributed by atoms with Crippen molar-refractivity contribution < 1.29 is 17.5 Å². The van der Waals surface area contributed by atoms with Gasteiger partial charge in [-0.2, -0.15) is 5.10 Å². The number of likely N-dealkylation sites (N-methyl/N-ethyl adjacent to an activating group) is 1. The lowest BCUT2D eigenvalue weighted by molar-refractivity contribution is 0.261. The predicted octanol–water partition coefficient (Wildman–Crippen LogP) is 3.75. The van der Waals surface area contributed by atoms with Crippen molar-refractivity contribution in [3.63, 3.8) is 0 Å². The van der Waals surface area contributed by atoms with Crippen LogP contribution in [-0.2, 0) is 16.6 Å². The van der Waals surface area contributed by atoms with Crippen LogP contribution < -0.4 is 9.46 Å². The maximum atomic E-state index is 14.6. The van der Waals surface area contributed by atoms with Crippen LogP contribution in [0.1, 0.15) is 5.56 Å². The van der Waals surface area contributed by atoms with Gasteiger partial charge in [0.15, 0.2) is 5.82 Å². The van der Waals surface area contributed by atoms with Crippen molar-refractivity contribution in [2.45, 2.75) is 6.54 Å². The van der Waals surface area contributed by atoms with Gasteiger partial charge in [0.2, 0.25) is 10.0 Å². The fourth-order valence-corrected chi connectivity index (χ4v) is 5.03. The number of hydrogen-bond donors (Lipinski definition) is 3. The molecule has 6 aromatic rings. The number of H-pyrrole nitrogens is 2. The van der Waals surface area contributed by atoms with Crippen molar-refractivity contribution in [1.29, 1.82) is 0 Å². The van der Waals surface area contributed by atoms with Gasteiger partial charge in [-0.05, 0) is 56.1 Å². The predicted molar refractivity (Wildman–Crippen MR) is 161 cm³/mol. The van der Waals surface area contributed by atoms with Crippen LogP contribution in [0.5, 0.6) is 5.75 Å². The number of nitrogens with zero attached hydrogens (tertiary/aromatic N) is 6. The monoisotopic (exact) mass is 601 g/mol. The first-order valence-corrected chi connectivity index (χ1v) is 15.2. The van der Waals surface area contributed by atoms with Gasteiger partial charge in [-0.25, -0.2) is 22.5 Å². The van der Waals surface area contributed by atoms with Crippen LogP contribution >= 0.6 is 0 Å². The first-order chi connectivity index (χ1) is 20.6. The molecule has 0 aliphatic rings. The summed E-state index contributed by atoms with van der Waals surface area (Å²) in [6.45, 7) is 1.26. The van der Waals surface area contributed by atoms with Crippen molar-refractivity contribution >= 4 is 32.0 Å². The molecule has 0 unspecified atom stereocenters. The Morgan fingerprint density at radius 3 is 2.67 bits per heavy atom. The van der Waals surface area contributed by atoms with Gasteiger partial charge < -0.3 is 14.6 Å². The maximum Gasteiger partial charge on any atom is 0.209 e. The van der Waals surface area contributed by atoms with Crippen LogP contribution in [0, 0.1) is 5.82 Å². The SMILES string of the molecule is CN(C)CCOc1cncc(-c2cc3c(-c4nc5c(-c6cc(F)cc(CNS(C)(=O)=O)c6)nccc5[nH]4)n[nH]c3cn2)c1. The van der Waals surface area contributed by atoms with Gasteiger partial charge in [0.1, 0.15) is 29.4 Å². The number of rotatable bonds is 10. The second-order valence-electron chi connectivity index (χ2n) is 10.3. The number of fused-ring (bicyclic) bond motifs is 2. The van der Waals surface area contributed by atoms with Crippen LogP contribution in [0.3, 0.4) is 0 Å². The summed E-state index contributed by atoms with van der Waals surface area (Å²) >= 11 is 0. The summed E-state index contributed by atoms with van der Waals surface area (Å²) in [5.41, 5.74) is 5.33. The molecule has 6 rings (SSSR count). The van der Waals surface area contributed by atoms with E-state index in [1.807, 2.05) is 31.1 Å². The zero-order valence-corrected chi connectivity index (χ0v) is 24.4. The molecule has 0 saturated heterocycles. The fourth-order valence-electron chi connectivity index (χ4n) is 4.60. The second kappa shape index (κ2) is 11.5. The second-order valence-corrected chi connectivity index (χ2v) is 12.2. The molecule has 14 heteroatoms. The van der Waals surface area contributed by atoms with Crippen LogP contribution in [-0.4, -0.2) is 81.9 Å². The summed E-state index contributed by atoms with van der Waals surface area (Å²) in [4.78, 5) is 23.5. The highest BCUT2D eigenvalue weighted by atomic mass is 32.2. The summed E-state index contributed by atoms with van der Waals surface area (Å²) in [6, 6.07) is 9.89. The molecule has 0 radical (unpaired) electrons. The molecule has 0 aliphatic heterocycles. The summed E-state index contributed by atoms with van der Waals surface area (Å²) in [7, 11) is 0.522. The summed E-state index contributed by atoms with van der Waals surface area (Å²) in [6.07, 6.45) is 7.75. The first kappa shape index (κ1) is 28.3. The van der Waals surface area contributed by atoms with Gasteiger partial charge in [0.05, 0.1) is 41.1 Å². The number of sulfonamides is 1. The van der Waals surface area contributed by atoms with Crippen molar-refractivity contribution in [3.8, 4) is 39.8 Å². The number of hydrogen-bond acceptors (Lipinski definition) is 9. The van der Waals surface area contributed by atoms with E-state index in [4.69, 9.17) is 9.72 Å². The Bertz CT molecular complexity index is 2060. The highest BCUT2D eigenvalue weighted by Gasteiger charge is 2.18. The van der Waals surface area contributed by atoms with Crippen LogP contribution in [0.2, 0.25) is 0 Å². The molecule has 43 heavy (non-hydrogen) atoms. The third-order valence-electron chi connectivity index (χ3n) is 6.66. The molecule has 12 nitrogen and oxygen atoms in total. The Hall–Kier alpha value is -4.79. The summed E-state index contributed by atoms with van der Waals surface area (Å²) < 4.78 is 45.9. The van der Waals surface area contributed by atoms with E-state index in [0.717, 1.165) is 29.3 Å². The number of halogens is 1. The molecule has 0 spiro atoms. The van der Waals surface area contributed by atoms with Crippen LogP contribution in [0.15, 0.2) is 61.2 Å². The molecule has 0 aliphatic carbocycles. The van der Waals surface area contributed by atoms with E-state index in [1.54, 1.807) is 36.9 Å². The average molecular weight is 602 g/mol. The van der Waals surface area contributed by atoms with Gasteiger partial charge in [-0.1, -0.05) is 0 Å². The van der Waals surface area contributed by atoms with Gasteiger partial charge in [0, 0.05) is 42.0 Å². The van der Waals surface area contributed by atoms with E-state index in [2.05, 4.69) is 34.9 Å². The Labute approximate surface area is 246 Å². The quantitative estimate of drug-likeness (QED) is 0.213. The molecule has 1 aromatic carbocycles. The number of ether oxygens (including phenoxy) is 1. The smallest absolute Gasteiger partial charge is 0.209 e. The number of benzene rings is 1. The van der Waals surface area contributed by atoms with Gasteiger partial charge in [-0.3, -0.25) is 20.1 Å². The van der Waals surface area contributed by atoms with Crippen molar-refractivity contribution in [3.05, 3.63) is 72.6 Å². The van der Waals surface area contributed by atoms with E-state index < -0.39 is 15.8 Å². The number of aromatic nitrogens is 7. The topological polar surface area (TPSA) is 155 Å². The maximum absolute atomic E-state index is 14.6. The Morgan fingerprint density at radius 1 is 1.00 bits per heavy atom. The lowest BCUT2D eigenvalue weighted by Gasteiger charge is -2.11.